The molecule has 1 heterocycles. The first-order valence-corrected chi connectivity index (χ1v) is 11.1. The number of rotatable bonds is 8. The minimum atomic E-state index is -3.83. The summed E-state index contributed by atoms with van der Waals surface area (Å²) in [6.07, 6.45) is 0. The lowest BCUT2D eigenvalue weighted by atomic mass is 10.1. The molecule has 158 valence electrons. The molecule has 0 bridgehead atoms. The zero-order valence-corrected chi connectivity index (χ0v) is 18.0. The number of methoxy groups -OCH3 is 2. The van der Waals surface area contributed by atoms with Crippen molar-refractivity contribution in [3.05, 3.63) is 53.1 Å². The number of halogens is 1. The van der Waals surface area contributed by atoms with Crippen molar-refractivity contribution in [2.45, 2.75) is 10.9 Å². The molecular formula is C20H25ClN2O5S. The zero-order chi connectivity index (χ0) is 20.9. The van der Waals surface area contributed by atoms with Gasteiger partial charge in [-0.05, 0) is 29.8 Å². The number of ether oxygens (including phenoxy) is 3. The summed E-state index contributed by atoms with van der Waals surface area (Å²) in [7, 11) is -0.914. The predicted molar refractivity (Wildman–Crippen MR) is 111 cm³/mol. The second-order valence-electron chi connectivity index (χ2n) is 6.59. The van der Waals surface area contributed by atoms with Crippen LogP contribution in [0.3, 0.4) is 0 Å². The standard InChI is InChI=1S/C20H25ClN2O5S/c1-26-17-6-7-19(27-2)20(13-17)29(24,25)22-14-18(23-8-10-28-11-9-23)15-4-3-5-16(21)12-15/h3-7,12-13,18,22H,8-11,14H2,1-2H3. The second-order valence-corrected chi connectivity index (χ2v) is 8.76. The van der Waals surface area contributed by atoms with Crippen molar-refractivity contribution in [3.8, 4) is 11.5 Å². The number of hydrogen-bond donors (Lipinski definition) is 1. The van der Waals surface area contributed by atoms with E-state index in [4.69, 9.17) is 25.8 Å². The van der Waals surface area contributed by atoms with Crippen LogP contribution in [0.15, 0.2) is 47.4 Å². The summed E-state index contributed by atoms with van der Waals surface area (Å²) in [4.78, 5) is 2.23. The summed E-state index contributed by atoms with van der Waals surface area (Å²) in [6.45, 7) is 2.81. The molecule has 1 unspecified atom stereocenters. The van der Waals surface area contributed by atoms with E-state index in [9.17, 15) is 8.42 Å². The van der Waals surface area contributed by atoms with Crippen molar-refractivity contribution < 1.29 is 22.6 Å². The molecule has 9 heteroatoms. The van der Waals surface area contributed by atoms with Crippen LogP contribution in [0.2, 0.25) is 5.02 Å². The summed E-state index contributed by atoms with van der Waals surface area (Å²) in [5.74, 6) is 0.690. The smallest absolute Gasteiger partial charge is 0.244 e. The Morgan fingerprint density at radius 3 is 2.55 bits per heavy atom. The van der Waals surface area contributed by atoms with Crippen LogP contribution >= 0.6 is 11.6 Å². The highest BCUT2D eigenvalue weighted by atomic mass is 35.5. The fraction of sp³-hybridized carbons (Fsp3) is 0.400. The topological polar surface area (TPSA) is 77.1 Å². The Bertz CT molecular complexity index is 932. The number of sulfonamides is 1. The Labute approximate surface area is 176 Å². The molecule has 0 spiro atoms. The van der Waals surface area contributed by atoms with E-state index in [1.54, 1.807) is 18.2 Å². The van der Waals surface area contributed by atoms with Crippen molar-refractivity contribution in [2.75, 3.05) is 47.1 Å². The van der Waals surface area contributed by atoms with Crippen molar-refractivity contribution in [1.82, 2.24) is 9.62 Å². The normalized spacial score (nSPS) is 16.4. The fourth-order valence-corrected chi connectivity index (χ4v) is 4.74. The second kappa shape index (κ2) is 9.77. The van der Waals surface area contributed by atoms with Crippen LogP contribution in [-0.2, 0) is 14.8 Å². The van der Waals surface area contributed by atoms with E-state index in [1.807, 2.05) is 18.2 Å². The van der Waals surface area contributed by atoms with Gasteiger partial charge in [-0.3, -0.25) is 4.90 Å². The summed E-state index contributed by atoms with van der Waals surface area (Å²) in [5.41, 5.74) is 0.944. The quantitative estimate of drug-likeness (QED) is 0.680. The van der Waals surface area contributed by atoms with E-state index < -0.39 is 10.0 Å². The first kappa shape index (κ1) is 21.9. The highest BCUT2D eigenvalue weighted by molar-refractivity contribution is 7.89. The van der Waals surface area contributed by atoms with E-state index in [-0.39, 0.29) is 23.2 Å². The number of morpholine rings is 1. The van der Waals surface area contributed by atoms with Crippen LogP contribution in [0, 0.1) is 0 Å². The zero-order valence-electron chi connectivity index (χ0n) is 16.4. The highest BCUT2D eigenvalue weighted by Crippen LogP contribution is 2.29. The van der Waals surface area contributed by atoms with Gasteiger partial charge in [0.15, 0.2) is 0 Å². The molecule has 0 aromatic heterocycles. The summed E-state index contributed by atoms with van der Waals surface area (Å²) in [5, 5.41) is 0.609. The minimum Gasteiger partial charge on any atom is -0.497 e. The molecule has 3 rings (SSSR count). The lowest BCUT2D eigenvalue weighted by Crippen LogP contribution is -2.43. The molecule has 1 fully saturated rings. The third-order valence-corrected chi connectivity index (χ3v) is 6.53. The van der Waals surface area contributed by atoms with Gasteiger partial charge in [-0.1, -0.05) is 23.7 Å². The highest BCUT2D eigenvalue weighted by Gasteiger charge is 2.27. The van der Waals surface area contributed by atoms with Gasteiger partial charge in [0.05, 0.1) is 27.4 Å². The lowest BCUT2D eigenvalue weighted by Gasteiger charge is -2.35. The van der Waals surface area contributed by atoms with Gasteiger partial charge in [-0.15, -0.1) is 0 Å². The molecule has 1 aliphatic rings. The molecule has 2 aromatic rings. The Morgan fingerprint density at radius 2 is 1.90 bits per heavy atom. The monoisotopic (exact) mass is 440 g/mol. The maximum absolute atomic E-state index is 13.0. The average molecular weight is 441 g/mol. The Kier molecular flexibility index (Phi) is 7.37. The van der Waals surface area contributed by atoms with E-state index in [1.165, 1.54) is 20.3 Å². The first-order chi connectivity index (χ1) is 13.9. The van der Waals surface area contributed by atoms with Crippen molar-refractivity contribution in [2.24, 2.45) is 0 Å². The van der Waals surface area contributed by atoms with Gasteiger partial charge in [-0.25, -0.2) is 13.1 Å². The molecule has 1 N–H and O–H groups in total. The van der Waals surface area contributed by atoms with Gasteiger partial charge >= 0.3 is 0 Å². The van der Waals surface area contributed by atoms with E-state index in [0.29, 0.717) is 37.1 Å². The summed E-state index contributed by atoms with van der Waals surface area (Å²) < 4.78 is 44.7. The number of benzene rings is 2. The van der Waals surface area contributed by atoms with Crippen molar-refractivity contribution >= 4 is 21.6 Å². The maximum Gasteiger partial charge on any atom is 0.244 e. The molecule has 29 heavy (non-hydrogen) atoms. The molecule has 7 nitrogen and oxygen atoms in total. The number of hydrogen-bond acceptors (Lipinski definition) is 6. The number of nitrogens with one attached hydrogen (secondary N) is 1. The van der Waals surface area contributed by atoms with Gasteiger partial charge in [0.25, 0.3) is 0 Å². The molecular weight excluding hydrogens is 416 g/mol. The van der Waals surface area contributed by atoms with Crippen LogP contribution in [0.5, 0.6) is 11.5 Å². The third kappa shape index (κ3) is 5.40. The largest absolute Gasteiger partial charge is 0.497 e. The van der Waals surface area contributed by atoms with Gasteiger partial charge in [-0.2, -0.15) is 0 Å². The average Bonchev–Trinajstić information content (AvgIpc) is 2.74. The molecule has 2 aromatic carbocycles. The van der Waals surface area contributed by atoms with Crippen LogP contribution in [0.1, 0.15) is 11.6 Å². The SMILES string of the molecule is COc1ccc(OC)c(S(=O)(=O)NCC(c2cccc(Cl)c2)N2CCOCC2)c1. The van der Waals surface area contributed by atoms with Gasteiger partial charge in [0, 0.05) is 36.8 Å². The van der Waals surface area contributed by atoms with Crippen LogP contribution in [0.4, 0.5) is 0 Å². The first-order valence-electron chi connectivity index (χ1n) is 9.23. The minimum absolute atomic E-state index is 0.0335. The van der Waals surface area contributed by atoms with E-state index >= 15 is 0 Å². The molecule has 0 radical (unpaired) electrons. The molecule has 0 saturated carbocycles. The van der Waals surface area contributed by atoms with Gasteiger partial charge in [0.1, 0.15) is 16.4 Å². The van der Waals surface area contributed by atoms with Gasteiger partial charge < -0.3 is 14.2 Å². The molecule has 1 aliphatic heterocycles. The predicted octanol–water partition coefficient (Wildman–Crippen LogP) is 2.71. The Balaban J connectivity index is 1.86. The van der Waals surface area contributed by atoms with Gasteiger partial charge in [0.2, 0.25) is 10.0 Å². The lowest BCUT2D eigenvalue weighted by molar-refractivity contribution is 0.0172. The summed E-state index contributed by atoms with van der Waals surface area (Å²) in [6, 6.07) is 12.0. The van der Waals surface area contributed by atoms with Crippen molar-refractivity contribution in [1.29, 1.82) is 0 Å². The third-order valence-electron chi connectivity index (χ3n) is 4.85. The molecule has 0 aliphatic carbocycles. The van der Waals surface area contributed by atoms with Crippen LogP contribution < -0.4 is 14.2 Å². The van der Waals surface area contributed by atoms with Crippen LogP contribution in [-0.4, -0.2) is 60.4 Å². The molecule has 0 amide bonds. The molecule has 1 saturated heterocycles. The summed E-state index contributed by atoms with van der Waals surface area (Å²) >= 11 is 6.17. The maximum atomic E-state index is 13.0. The van der Waals surface area contributed by atoms with Crippen molar-refractivity contribution in [3.63, 3.8) is 0 Å². The molecule has 1 atom stereocenters. The van der Waals surface area contributed by atoms with E-state index in [0.717, 1.165) is 5.56 Å². The Morgan fingerprint density at radius 1 is 1.14 bits per heavy atom. The Hall–Kier alpha value is -1.84. The fourth-order valence-electron chi connectivity index (χ4n) is 3.32. The van der Waals surface area contributed by atoms with E-state index in [2.05, 4.69) is 9.62 Å². The van der Waals surface area contributed by atoms with Crippen LogP contribution in [0.25, 0.3) is 0 Å². The number of nitrogens with zero attached hydrogens (tertiary/aromatic N) is 1.